The van der Waals surface area contributed by atoms with Crippen molar-refractivity contribution in [3.63, 3.8) is 0 Å². The second kappa shape index (κ2) is 12.2. The fraction of sp³-hybridized carbons (Fsp3) is 0.130. The number of hydrogen-bond donors (Lipinski definition) is 1. The summed E-state index contributed by atoms with van der Waals surface area (Å²) in [7, 11) is 1.55. The first-order valence-electron chi connectivity index (χ1n) is 9.40. The molecule has 0 spiro atoms. The molecule has 0 unspecified atom stereocenters. The van der Waals surface area contributed by atoms with Crippen molar-refractivity contribution in [1.29, 1.82) is 0 Å². The number of methoxy groups -OCH3 is 1. The third kappa shape index (κ3) is 7.17. The van der Waals surface area contributed by atoms with E-state index >= 15 is 0 Å². The Hall–Kier alpha value is -2.19. The molecule has 5 nitrogen and oxygen atoms in total. The van der Waals surface area contributed by atoms with E-state index in [0.29, 0.717) is 26.0 Å². The van der Waals surface area contributed by atoms with Crippen molar-refractivity contribution in [2.45, 2.75) is 11.5 Å². The zero-order chi connectivity index (χ0) is 22.9. The highest BCUT2D eigenvalue weighted by Gasteiger charge is 2.13. The zero-order valence-electron chi connectivity index (χ0n) is 17.0. The molecule has 0 fully saturated rings. The molecular weight excluding hydrogens is 535 g/mol. The summed E-state index contributed by atoms with van der Waals surface area (Å²) in [6.07, 6.45) is 1.54. The molecule has 0 atom stereocenters. The average Bonchev–Trinajstić information content (AvgIpc) is 2.78. The lowest BCUT2D eigenvalue weighted by Crippen LogP contribution is -2.19. The molecule has 0 aliphatic rings. The first-order valence-corrected chi connectivity index (χ1v) is 11.9. The van der Waals surface area contributed by atoms with Gasteiger partial charge in [0, 0.05) is 20.5 Å². The quantitative estimate of drug-likeness (QED) is 0.184. The summed E-state index contributed by atoms with van der Waals surface area (Å²) in [5.74, 6) is 1.12. The normalized spacial score (nSPS) is 10.9. The molecular formula is C23H19BrCl2N2O3S. The van der Waals surface area contributed by atoms with Gasteiger partial charge in [-0.15, -0.1) is 11.8 Å². The Bertz CT molecular complexity index is 1110. The van der Waals surface area contributed by atoms with Gasteiger partial charge in [-0.05, 0) is 57.9 Å². The first-order chi connectivity index (χ1) is 15.5. The van der Waals surface area contributed by atoms with Crippen LogP contribution in [-0.4, -0.2) is 25.0 Å². The van der Waals surface area contributed by atoms with Gasteiger partial charge in [-0.1, -0.05) is 47.5 Å². The Kier molecular flexibility index (Phi) is 9.29. The number of nitrogens with one attached hydrogen (secondary N) is 1. The van der Waals surface area contributed by atoms with Gasteiger partial charge in [0.2, 0.25) is 5.91 Å². The number of hydrogen-bond acceptors (Lipinski definition) is 5. The molecule has 0 radical (unpaired) electrons. The van der Waals surface area contributed by atoms with Crippen LogP contribution in [0.4, 0.5) is 0 Å². The van der Waals surface area contributed by atoms with E-state index in [1.165, 1.54) is 18.0 Å². The van der Waals surface area contributed by atoms with E-state index in [4.69, 9.17) is 32.7 Å². The maximum absolute atomic E-state index is 12.0. The number of ether oxygens (including phenoxy) is 2. The third-order valence-corrected chi connectivity index (χ3v) is 6.34. The molecule has 9 heteroatoms. The zero-order valence-corrected chi connectivity index (χ0v) is 20.9. The Labute approximate surface area is 209 Å². The van der Waals surface area contributed by atoms with Crippen molar-refractivity contribution in [3.8, 4) is 11.5 Å². The van der Waals surface area contributed by atoms with Crippen LogP contribution in [0, 0.1) is 0 Å². The number of halogens is 3. The van der Waals surface area contributed by atoms with Gasteiger partial charge >= 0.3 is 0 Å². The standard InChI is InChI=1S/C23H19BrCl2N2O3S/c1-30-21-10-15(12-27-28-22(29)14-32-18-5-3-2-4-6-18)9-19(24)23(21)31-13-16-7-8-17(25)11-20(16)26/h2-12H,13-14H2,1H3,(H,28,29)/b27-12+. The van der Waals surface area contributed by atoms with Crippen molar-refractivity contribution in [3.05, 3.63) is 86.3 Å². The molecule has 3 aromatic carbocycles. The summed E-state index contributed by atoms with van der Waals surface area (Å²) in [6, 6.07) is 18.5. The number of thioether (sulfide) groups is 1. The highest BCUT2D eigenvalue weighted by Crippen LogP contribution is 2.37. The minimum atomic E-state index is -0.194. The van der Waals surface area contributed by atoms with E-state index < -0.39 is 0 Å². The van der Waals surface area contributed by atoms with Crippen LogP contribution in [0.25, 0.3) is 0 Å². The molecule has 1 N–H and O–H groups in total. The number of carbonyl (C=O) groups excluding carboxylic acids is 1. The Balaban J connectivity index is 1.60. The van der Waals surface area contributed by atoms with E-state index in [2.05, 4.69) is 26.5 Å². The molecule has 0 aromatic heterocycles. The number of carbonyl (C=O) groups is 1. The van der Waals surface area contributed by atoms with E-state index in [0.717, 1.165) is 16.0 Å². The predicted molar refractivity (Wildman–Crippen MR) is 134 cm³/mol. The van der Waals surface area contributed by atoms with Crippen LogP contribution >= 0.6 is 50.9 Å². The van der Waals surface area contributed by atoms with Crippen molar-refractivity contribution in [2.24, 2.45) is 5.10 Å². The van der Waals surface area contributed by atoms with Gasteiger partial charge in [0.05, 0.1) is 23.5 Å². The second-order valence-electron chi connectivity index (χ2n) is 6.45. The monoisotopic (exact) mass is 552 g/mol. The van der Waals surface area contributed by atoms with Gasteiger partial charge in [0.15, 0.2) is 11.5 Å². The van der Waals surface area contributed by atoms with Gasteiger partial charge in [-0.2, -0.15) is 5.10 Å². The van der Waals surface area contributed by atoms with Crippen LogP contribution in [0.3, 0.4) is 0 Å². The van der Waals surface area contributed by atoms with E-state index in [1.54, 1.807) is 25.3 Å². The van der Waals surface area contributed by atoms with Gasteiger partial charge in [-0.3, -0.25) is 4.79 Å². The summed E-state index contributed by atoms with van der Waals surface area (Å²) >= 11 is 17.1. The third-order valence-electron chi connectivity index (χ3n) is 4.15. The molecule has 0 aliphatic heterocycles. The number of hydrazone groups is 1. The molecule has 0 saturated carbocycles. The maximum Gasteiger partial charge on any atom is 0.250 e. The summed E-state index contributed by atoms with van der Waals surface area (Å²) in [5, 5.41) is 5.12. The van der Waals surface area contributed by atoms with Crippen LogP contribution in [0.15, 0.2) is 75.1 Å². The fourth-order valence-electron chi connectivity index (χ4n) is 2.62. The summed E-state index contributed by atoms with van der Waals surface area (Å²) in [6.45, 7) is 0.244. The first kappa shape index (κ1) is 24.5. The highest BCUT2D eigenvalue weighted by atomic mass is 79.9. The summed E-state index contributed by atoms with van der Waals surface area (Å²) in [5.41, 5.74) is 4.05. The summed E-state index contributed by atoms with van der Waals surface area (Å²) < 4.78 is 12.1. The molecule has 0 saturated heterocycles. The van der Waals surface area contributed by atoms with Crippen LogP contribution in [-0.2, 0) is 11.4 Å². The predicted octanol–water partition coefficient (Wildman–Crippen LogP) is 6.59. The van der Waals surface area contributed by atoms with Crippen LogP contribution < -0.4 is 14.9 Å². The van der Waals surface area contributed by atoms with Gasteiger partial charge in [0.1, 0.15) is 6.61 Å². The van der Waals surface area contributed by atoms with Gasteiger partial charge in [0.25, 0.3) is 0 Å². The van der Waals surface area contributed by atoms with Crippen molar-refractivity contribution in [1.82, 2.24) is 5.43 Å². The van der Waals surface area contributed by atoms with Crippen molar-refractivity contribution < 1.29 is 14.3 Å². The summed E-state index contributed by atoms with van der Waals surface area (Å²) in [4.78, 5) is 13.0. The topological polar surface area (TPSA) is 59.9 Å². The number of rotatable bonds is 9. The molecule has 0 aliphatic carbocycles. The molecule has 1 amide bonds. The van der Waals surface area contributed by atoms with Gasteiger partial charge < -0.3 is 9.47 Å². The Morgan fingerprint density at radius 1 is 1.16 bits per heavy atom. The van der Waals surface area contributed by atoms with Crippen LogP contribution in [0.1, 0.15) is 11.1 Å². The van der Waals surface area contributed by atoms with Crippen LogP contribution in [0.2, 0.25) is 10.0 Å². The minimum absolute atomic E-state index is 0.194. The Morgan fingerprint density at radius 3 is 2.66 bits per heavy atom. The molecule has 0 bridgehead atoms. The smallest absolute Gasteiger partial charge is 0.250 e. The van der Waals surface area contributed by atoms with E-state index in [1.807, 2.05) is 42.5 Å². The highest BCUT2D eigenvalue weighted by molar-refractivity contribution is 9.10. The minimum Gasteiger partial charge on any atom is -0.493 e. The SMILES string of the molecule is COc1cc(/C=N/NC(=O)CSc2ccccc2)cc(Br)c1OCc1ccc(Cl)cc1Cl. The second-order valence-corrected chi connectivity index (χ2v) is 9.20. The van der Waals surface area contributed by atoms with Gasteiger partial charge in [-0.25, -0.2) is 5.43 Å². The van der Waals surface area contributed by atoms with Crippen molar-refractivity contribution >= 4 is 63.0 Å². The average molecular weight is 554 g/mol. The molecule has 3 rings (SSSR count). The molecule has 166 valence electrons. The fourth-order valence-corrected chi connectivity index (χ4v) is 4.37. The number of benzene rings is 3. The Morgan fingerprint density at radius 2 is 1.94 bits per heavy atom. The maximum atomic E-state index is 12.0. The van der Waals surface area contributed by atoms with Crippen LogP contribution in [0.5, 0.6) is 11.5 Å². The molecule has 32 heavy (non-hydrogen) atoms. The largest absolute Gasteiger partial charge is 0.493 e. The number of nitrogens with zero attached hydrogens (tertiary/aromatic N) is 1. The van der Waals surface area contributed by atoms with Crippen molar-refractivity contribution in [2.75, 3.05) is 12.9 Å². The van der Waals surface area contributed by atoms with E-state index in [9.17, 15) is 4.79 Å². The van der Waals surface area contributed by atoms with E-state index in [-0.39, 0.29) is 18.3 Å². The lowest BCUT2D eigenvalue weighted by atomic mass is 10.2. The lowest BCUT2D eigenvalue weighted by Gasteiger charge is -2.14. The molecule has 3 aromatic rings. The lowest BCUT2D eigenvalue weighted by molar-refractivity contribution is -0.118. The number of amides is 1. The molecule has 0 heterocycles.